The number of nitrogens with zero attached hydrogens (tertiary/aromatic N) is 2. The zero-order valence-electron chi connectivity index (χ0n) is 10.1. The van der Waals surface area contributed by atoms with Crippen molar-refractivity contribution in [3.05, 3.63) is 17.0 Å². The molecule has 0 saturated carbocycles. The van der Waals surface area contributed by atoms with Gasteiger partial charge in [-0.05, 0) is 20.9 Å². The van der Waals surface area contributed by atoms with E-state index in [9.17, 15) is 13.2 Å². The molecule has 0 saturated heterocycles. The van der Waals surface area contributed by atoms with Crippen LogP contribution < -0.4 is 5.32 Å². The highest BCUT2D eigenvalue weighted by Crippen LogP contribution is 2.17. The van der Waals surface area contributed by atoms with E-state index < -0.39 is 13.0 Å². The summed E-state index contributed by atoms with van der Waals surface area (Å²) < 4.78 is 40.7. The lowest BCUT2D eigenvalue weighted by Crippen LogP contribution is -2.18. The van der Waals surface area contributed by atoms with Gasteiger partial charge in [-0.25, -0.2) is 0 Å². The molecule has 0 aliphatic rings. The van der Waals surface area contributed by atoms with Gasteiger partial charge in [0.1, 0.15) is 0 Å². The van der Waals surface area contributed by atoms with Crippen molar-refractivity contribution in [2.75, 3.05) is 13.7 Å². The Kier molecular flexibility index (Phi) is 4.53. The minimum absolute atomic E-state index is 0.0932. The molecule has 0 atom stereocenters. The fourth-order valence-electron chi connectivity index (χ4n) is 1.63. The minimum atomic E-state index is -4.58. The van der Waals surface area contributed by atoms with E-state index in [1.54, 1.807) is 0 Å². The van der Waals surface area contributed by atoms with Crippen LogP contribution >= 0.6 is 0 Å². The first kappa shape index (κ1) is 14.0. The SMILES string of the molecule is CNCc1c(C)nn(CCOC(F)(F)F)c1C. The zero-order valence-corrected chi connectivity index (χ0v) is 10.1. The maximum Gasteiger partial charge on any atom is 0.522 e. The van der Waals surface area contributed by atoms with Crippen LogP contribution in [0.25, 0.3) is 0 Å². The highest BCUT2D eigenvalue weighted by molar-refractivity contribution is 5.24. The molecule has 17 heavy (non-hydrogen) atoms. The summed E-state index contributed by atoms with van der Waals surface area (Å²) >= 11 is 0. The quantitative estimate of drug-likeness (QED) is 0.866. The second kappa shape index (κ2) is 5.50. The molecule has 0 radical (unpaired) electrons. The first-order valence-electron chi connectivity index (χ1n) is 5.23. The average Bonchev–Trinajstić information content (AvgIpc) is 2.45. The molecular formula is C10H16F3N3O. The van der Waals surface area contributed by atoms with Crippen molar-refractivity contribution in [3.63, 3.8) is 0 Å². The van der Waals surface area contributed by atoms with E-state index in [4.69, 9.17) is 0 Å². The molecule has 0 spiro atoms. The third-order valence-corrected chi connectivity index (χ3v) is 2.45. The number of alkyl halides is 3. The fraction of sp³-hybridized carbons (Fsp3) is 0.700. The maximum atomic E-state index is 11.8. The summed E-state index contributed by atoms with van der Waals surface area (Å²) in [5.41, 5.74) is 2.70. The van der Waals surface area contributed by atoms with E-state index in [0.29, 0.717) is 6.54 Å². The number of halogens is 3. The number of ether oxygens (including phenoxy) is 1. The van der Waals surface area contributed by atoms with Crippen LogP contribution in [0.3, 0.4) is 0 Å². The predicted molar refractivity (Wildman–Crippen MR) is 56.5 cm³/mol. The summed E-state index contributed by atoms with van der Waals surface area (Å²) in [6.45, 7) is 3.99. The van der Waals surface area contributed by atoms with Crippen molar-refractivity contribution in [2.24, 2.45) is 0 Å². The van der Waals surface area contributed by atoms with Crippen LogP contribution in [0.1, 0.15) is 17.0 Å². The normalized spacial score (nSPS) is 12.1. The molecule has 1 N–H and O–H groups in total. The summed E-state index contributed by atoms with van der Waals surface area (Å²) in [7, 11) is 1.81. The standard InChI is InChI=1S/C10H16F3N3O/c1-7-9(6-14-3)8(2)16(15-7)4-5-17-10(11,12)13/h14H,4-6H2,1-3H3. The van der Waals surface area contributed by atoms with Crippen molar-refractivity contribution in [1.82, 2.24) is 15.1 Å². The predicted octanol–water partition coefficient (Wildman–Crippen LogP) is 1.76. The van der Waals surface area contributed by atoms with Gasteiger partial charge in [0.2, 0.25) is 0 Å². The lowest BCUT2D eigenvalue weighted by Gasteiger charge is -2.08. The molecule has 0 aromatic carbocycles. The van der Waals surface area contributed by atoms with Gasteiger partial charge in [-0.1, -0.05) is 0 Å². The third-order valence-electron chi connectivity index (χ3n) is 2.45. The van der Waals surface area contributed by atoms with E-state index in [1.807, 2.05) is 20.9 Å². The molecule has 1 rings (SSSR count). The molecule has 7 heteroatoms. The Morgan fingerprint density at radius 2 is 2.00 bits per heavy atom. The van der Waals surface area contributed by atoms with Crippen molar-refractivity contribution in [1.29, 1.82) is 0 Å². The van der Waals surface area contributed by atoms with Gasteiger partial charge >= 0.3 is 6.36 Å². The molecule has 98 valence electrons. The summed E-state index contributed by atoms with van der Waals surface area (Å²) in [6.07, 6.45) is -4.58. The number of nitrogens with one attached hydrogen (secondary N) is 1. The topological polar surface area (TPSA) is 39.1 Å². The van der Waals surface area contributed by atoms with Crippen LogP contribution in [0, 0.1) is 13.8 Å². The second-order valence-corrected chi connectivity index (χ2v) is 3.70. The molecule has 0 amide bonds. The molecular weight excluding hydrogens is 235 g/mol. The highest BCUT2D eigenvalue weighted by Gasteiger charge is 2.28. The number of rotatable bonds is 5. The van der Waals surface area contributed by atoms with Crippen molar-refractivity contribution in [3.8, 4) is 0 Å². The van der Waals surface area contributed by atoms with Crippen LogP contribution in [-0.4, -0.2) is 29.8 Å². The fourth-order valence-corrected chi connectivity index (χ4v) is 1.63. The van der Waals surface area contributed by atoms with Gasteiger partial charge < -0.3 is 5.32 Å². The first-order valence-corrected chi connectivity index (χ1v) is 5.23. The summed E-state index contributed by atoms with van der Waals surface area (Å²) in [4.78, 5) is 0. The van der Waals surface area contributed by atoms with Gasteiger partial charge in [0, 0.05) is 17.8 Å². The van der Waals surface area contributed by atoms with E-state index in [1.165, 1.54) is 4.68 Å². The number of hydrogen-bond acceptors (Lipinski definition) is 3. The molecule has 0 aliphatic carbocycles. The monoisotopic (exact) mass is 251 g/mol. The van der Waals surface area contributed by atoms with Crippen LogP contribution in [0.4, 0.5) is 13.2 Å². The maximum absolute atomic E-state index is 11.8. The zero-order chi connectivity index (χ0) is 13.1. The lowest BCUT2D eigenvalue weighted by molar-refractivity contribution is -0.325. The minimum Gasteiger partial charge on any atom is -0.316 e. The molecule has 4 nitrogen and oxygen atoms in total. The summed E-state index contributed by atoms with van der Waals surface area (Å²) in [5, 5.41) is 7.17. The Bertz CT molecular complexity index is 374. The second-order valence-electron chi connectivity index (χ2n) is 3.70. The number of aryl methyl sites for hydroxylation is 1. The Morgan fingerprint density at radius 3 is 2.53 bits per heavy atom. The smallest absolute Gasteiger partial charge is 0.316 e. The molecule has 0 aliphatic heterocycles. The van der Waals surface area contributed by atoms with Gasteiger partial charge in [0.15, 0.2) is 0 Å². The van der Waals surface area contributed by atoms with E-state index in [0.717, 1.165) is 17.0 Å². The molecule has 0 unspecified atom stereocenters. The Hall–Kier alpha value is -1.08. The molecule has 0 fully saturated rings. The first-order chi connectivity index (χ1) is 7.85. The van der Waals surface area contributed by atoms with Crippen molar-refractivity contribution < 1.29 is 17.9 Å². The number of aromatic nitrogens is 2. The van der Waals surface area contributed by atoms with Gasteiger partial charge in [0.25, 0.3) is 0 Å². The Morgan fingerprint density at radius 1 is 1.35 bits per heavy atom. The van der Waals surface area contributed by atoms with Crippen molar-refractivity contribution >= 4 is 0 Å². The Labute approximate surface area is 97.8 Å². The largest absolute Gasteiger partial charge is 0.522 e. The van der Waals surface area contributed by atoms with Crippen LogP contribution in [0.15, 0.2) is 0 Å². The summed E-state index contributed by atoms with van der Waals surface area (Å²) in [5.74, 6) is 0. The van der Waals surface area contributed by atoms with Crippen LogP contribution in [0.5, 0.6) is 0 Å². The average molecular weight is 251 g/mol. The number of hydrogen-bond donors (Lipinski definition) is 1. The molecule has 1 aromatic rings. The van der Waals surface area contributed by atoms with Crippen molar-refractivity contribution in [2.45, 2.75) is 33.3 Å². The highest BCUT2D eigenvalue weighted by atomic mass is 19.4. The van der Waals surface area contributed by atoms with Crippen LogP contribution in [-0.2, 0) is 17.8 Å². The summed E-state index contributed by atoms with van der Waals surface area (Å²) in [6, 6.07) is 0. The van der Waals surface area contributed by atoms with E-state index in [2.05, 4.69) is 15.2 Å². The third kappa shape index (κ3) is 4.01. The molecule has 1 heterocycles. The van der Waals surface area contributed by atoms with Gasteiger partial charge in [-0.3, -0.25) is 9.42 Å². The van der Waals surface area contributed by atoms with E-state index >= 15 is 0 Å². The van der Waals surface area contributed by atoms with Gasteiger partial charge in [0.05, 0.1) is 18.8 Å². The lowest BCUT2D eigenvalue weighted by atomic mass is 10.2. The van der Waals surface area contributed by atoms with Gasteiger partial charge in [-0.15, -0.1) is 13.2 Å². The molecule has 0 bridgehead atoms. The van der Waals surface area contributed by atoms with E-state index in [-0.39, 0.29) is 6.54 Å². The molecule has 1 aromatic heterocycles. The van der Waals surface area contributed by atoms with Gasteiger partial charge in [-0.2, -0.15) is 5.10 Å². The Balaban J connectivity index is 2.63. The van der Waals surface area contributed by atoms with Crippen LogP contribution in [0.2, 0.25) is 0 Å².